The zero-order valence-electron chi connectivity index (χ0n) is 16.5. The highest BCUT2D eigenvalue weighted by Gasteiger charge is 2.47. The molecule has 0 bridgehead atoms. The molecule has 2 aromatic carbocycles. The minimum absolute atomic E-state index is 0.115. The van der Waals surface area contributed by atoms with Crippen molar-refractivity contribution < 1.29 is 14.3 Å². The summed E-state index contributed by atoms with van der Waals surface area (Å²) in [4.78, 5) is 17.6. The van der Waals surface area contributed by atoms with Crippen molar-refractivity contribution in [2.75, 3.05) is 39.9 Å². The minimum Gasteiger partial charge on any atom is -0.457 e. The molecule has 0 aromatic heterocycles. The largest absolute Gasteiger partial charge is 0.457 e. The second-order valence-corrected chi connectivity index (χ2v) is 7.72. The predicted octanol–water partition coefficient (Wildman–Crippen LogP) is 3.81. The molecule has 2 aliphatic heterocycles. The SMILES string of the molecule is COCCN1CC[C@@]12CCCN(C(=O)c1ccc(Oc3ccccc3)cc1)C2. The molecule has 1 atom stereocenters. The highest BCUT2D eigenvalue weighted by atomic mass is 16.5. The minimum atomic E-state index is 0.115. The molecule has 2 aliphatic rings. The smallest absolute Gasteiger partial charge is 0.253 e. The zero-order chi connectivity index (χ0) is 19.4. The number of nitrogens with zero attached hydrogens (tertiary/aromatic N) is 2. The molecule has 0 aliphatic carbocycles. The molecule has 4 rings (SSSR count). The molecule has 5 heteroatoms. The fraction of sp³-hybridized carbons (Fsp3) is 0.435. The van der Waals surface area contributed by atoms with Crippen molar-refractivity contribution in [2.45, 2.75) is 24.8 Å². The van der Waals surface area contributed by atoms with E-state index in [-0.39, 0.29) is 11.4 Å². The lowest BCUT2D eigenvalue weighted by molar-refractivity contribution is -0.0679. The van der Waals surface area contributed by atoms with Crippen LogP contribution in [0.3, 0.4) is 0 Å². The van der Waals surface area contributed by atoms with Gasteiger partial charge in [-0.2, -0.15) is 0 Å². The fourth-order valence-electron chi connectivity index (χ4n) is 4.36. The Morgan fingerprint density at radius 3 is 2.43 bits per heavy atom. The maximum atomic E-state index is 13.1. The van der Waals surface area contributed by atoms with Crippen LogP contribution in [0.4, 0.5) is 0 Å². The van der Waals surface area contributed by atoms with E-state index in [1.165, 1.54) is 12.8 Å². The number of ether oxygens (including phenoxy) is 2. The van der Waals surface area contributed by atoms with Crippen LogP contribution in [0, 0.1) is 0 Å². The Morgan fingerprint density at radius 2 is 1.75 bits per heavy atom. The van der Waals surface area contributed by atoms with Gasteiger partial charge in [0, 0.05) is 44.4 Å². The van der Waals surface area contributed by atoms with Gasteiger partial charge in [-0.05, 0) is 55.7 Å². The first-order valence-corrected chi connectivity index (χ1v) is 10.1. The molecule has 1 spiro atoms. The summed E-state index contributed by atoms with van der Waals surface area (Å²) in [6.07, 6.45) is 3.40. The van der Waals surface area contributed by atoms with Crippen LogP contribution in [0.25, 0.3) is 0 Å². The molecule has 28 heavy (non-hydrogen) atoms. The van der Waals surface area contributed by atoms with Crippen LogP contribution in [0.5, 0.6) is 11.5 Å². The van der Waals surface area contributed by atoms with Gasteiger partial charge in [-0.3, -0.25) is 9.69 Å². The molecule has 5 nitrogen and oxygen atoms in total. The Kier molecular flexibility index (Phi) is 5.64. The van der Waals surface area contributed by atoms with Gasteiger partial charge in [-0.15, -0.1) is 0 Å². The lowest BCUT2D eigenvalue weighted by Crippen LogP contribution is -2.67. The van der Waals surface area contributed by atoms with Gasteiger partial charge in [-0.1, -0.05) is 18.2 Å². The number of rotatable bonds is 6. The van der Waals surface area contributed by atoms with E-state index in [9.17, 15) is 4.79 Å². The van der Waals surface area contributed by atoms with E-state index >= 15 is 0 Å². The third-order valence-electron chi connectivity index (χ3n) is 6.01. The number of amides is 1. The van der Waals surface area contributed by atoms with E-state index in [0.29, 0.717) is 0 Å². The Balaban J connectivity index is 1.40. The average Bonchev–Trinajstić information content (AvgIpc) is 2.74. The molecule has 0 unspecified atom stereocenters. The third kappa shape index (κ3) is 3.91. The van der Waals surface area contributed by atoms with Crippen molar-refractivity contribution in [1.82, 2.24) is 9.80 Å². The van der Waals surface area contributed by atoms with Gasteiger partial charge in [0.2, 0.25) is 0 Å². The maximum absolute atomic E-state index is 13.1. The molecule has 2 aromatic rings. The number of hydrogen-bond donors (Lipinski definition) is 0. The summed E-state index contributed by atoms with van der Waals surface area (Å²) in [5.74, 6) is 1.65. The standard InChI is InChI=1S/C23H28N2O3/c1-27-17-16-25-15-13-23(25)12-5-14-24(18-23)22(26)19-8-10-21(11-9-19)28-20-6-3-2-4-7-20/h2-4,6-11H,5,12-18H2,1H3/t23-/m1/s1. The van der Waals surface area contributed by atoms with Gasteiger partial charge in [0.05, 0.1) is 6.61 Å². The van der Waals surface area contributed by atoms with E-state index in [1.54, 1.807) is 7.11 Å². The van der Waals surface area contributed by atoms with Crippen molar-refractivity contribution in [3.05, 3.63) is 60.2 Å². The van der Waals surface area contributed by atoms with Crippen LogP contribution in [-0.4, -0.2) is 61.1 Å². The topological polar surface area (TPSA) is 42.0 Å². The number of likely N-dealkylation sites (tertiary alicyclic amines) is 2. The van der Waals surface area contributed by atoms with Gasteiger partial charge in [0.25, 0.3) is 5.91 Å². The molecule has 2 heterocycles. The van der Waals surface area contributed by atoms with Crippen LogP contribution in [0.1, 0.15) is 29.6 Å². The first kappa shape index (κ1) is 19.0. The Hall–Kier alpha value is -2.37. The van der Waals surface area contributed by atoms with Crippen molar-refractivity contribution in [2.24, 2.45) is 0 Å². The van der Waals surface area contributed by atoms with Crippen molar-refractivity contribution >= 4 is 5.91 Å². The Bertz CT molecular complexity index is 793. The van der Waals surface area contributed by atoms with Crippen LogP contribution in [-0.2, 0) is 4.74 Å². The number of hydrogen-bond acceptors (Lipinski definition) is 4. The van der Waals surface area contributed by atoms with Gasteiger partial charge < -0.3 is 14.4 Å². The molecule has 2 fully saturated rings. The summed E-state index contributed by atoms with van der Waals surface area (Å²) in [6.45, 7) is 4.46. The molecule has 1 amide bonds. The highest BCUT2D eigenvalue weighted by molar-refractivity contribution is 5.94. The van der Waals surface area contributed by atoms with Crippen LogP contribution in [0.15, 0.2) is 54.6 Å². The van der Waals surface area contributed by atoms with E-state index < -0.39 is 0 Å². The summed E-state index contributed by atoms with van der Waals surface area (Å²) in [7, 11) is 1.74. The summed E-state index contributed by atoms with van der Waals surface area (Å²) in [5, 5.41) is 0. The molecule has 0 N–H and O–H groups in total. The van der Waals surface area contributed by atoms with E-state index in [0.717, 1.165) is 56.3 Å². The van der Waals surface area contributed by atoms with E-state index in [1.807, 2.05) is 59.5 Å². The number of carbonyl (C=O) groups is 1. The lowest BCUT2D eigenvalue weighted by Gasteiger charge is -2.57. The monoisotopic (exact) mass is 380 g/mol. The first-order chi connectivity index (χ1) is 13.7. The Labute approximate surface area is 166 Å². The number of benzene rings is 2. The highest BCUT2D eigenvalue weighted by Crippen LogP contribution is 2.38. The third-order valence-corrected chi connectivity index (χ3v) is 6.01. The Morgan fingerprint density at radius 1 is 1.00 bits per heavy atom. The predicted molar refractivity (Wildman–Crippen MR) is 109 cm³/mol. The fourth-order valence-corrected chi connectivity index (χ4v) is 4.36. The second kappa shape index (κ2) is 8.33. The van der Waals surface area contributed by atoms with Gasteiger partial charge in [0.15, 0.2) is 0 Å². The molecule has 148 valence electrons. The number of carbonyl (C=O) groups excluding carboxylic acids is 1. The zero-order valence-corrected chi connectivity index (χ0v) is 16.5. The summed E-state index contributed by atoms with van der Waals surface area (Å²) in [5.41, 5.74) is 0.878. The van der Waals surface area contributed by atoms with Crippen LogP contribution < -0.4 is 4.74 Å². The number of methoxy groups -OCH3 is 1. The molecular weight excluding hydrogens is 352 g/mol. The van der Waals surface area contributed by atoms with Gasteiger partial charge in [-0.25, -0.2) is 0 Å². The quantitative estimate of drug-likeness (QED) is 0.764. The molecular formula is C23H28N2O3. The second-order valence-electron chi connectivity index (χ2n) is 7.72. The lowest BCUT2D eigenvalue weighted by atomic mass is 9.77. The summed E-state index contributed by atoms with van der Waals surface area (Å²) in [6, 6.07) is 17.1. The summed E-state index contributed by atoms with van der Waals surface area (Å²) < 4.78 is 11.1. The normalized spacial score (nSPS) is 22.1. The number of piperidine rings is 1. The number of para-hydroxylation sites is 1. The molecule has 0 saturated carbocycles. The van der Waals surface area contributed by atoms with E-state index in [4.69, 9.17) is 9.47 Å². The van der Waals surface area contributed by atoms with E-state index in [2.05, 4.69) is 4.90 Å². The molecule has 0 radical (unpaired) electrons. The van der Waals surface area contributed by atoms with Crippen molar-refractivity contribution in [3.8, 4) is 11.5 Å². The average molecular weight is 380 g/mol. The van der Waals surface area contributed by atoms with Crippen molar-refractivity contribution in [3.63, 3.8) is 0 Å². The maximum Gasteiger partial charge on any atom is 0.253 e. The van der Waals surface area contributed by atoms with Gasteiger partial charge >= 0.3 is 0 Å². The van der Waals surface area contributed by atoms with Crippen LogP contribution >= 0.6 is 0 Å². The van der Waals surface area contributed by atoms with Gasteiger partial charge in [0.1, 0.15) is 11.5 Å². The van der Waals surface area contributed by atoms with Crippen LogP contribution in [0.2, 0.25) is 0 Å². The first-order valence-electron chi connectivity index (χ1n) is 10.1. The van der Waals surface area contributed by atoms with Crippen molar-refractivity contribution in [1.29, 1.82) is 0 Å². The molecule has 2 saturated heterocycles. The summed E-state index contributed by atoms with van der Waals surface area (Å²) >= 11 is 0.